The summed E-state index contributed by atoms with van der Waals surface area (Å²) in [5.74, 6) is -0.195. The van der Waals surface area contributed by atoms with Gasteiger partial charge in [0.2, 0.25) is 0 Å². The molecule has 0 spiro atoms. The second-order valence-electron chi connectivity index (χ2n) is 7.80. The first-order chi connectivity index (χ1) is 10.1. The zero-order valence-electron chi connectivity index (χ0n) is 14.7. The van der Waals surface area contributed by atoms with Gasteiger partial charge in [-0.1, -0.05) is 36.8 Å². The number of benzene rings is 1. The van der Waals surface area contributed by atoms with E-state index in [1.807, 2.05) is 27.7 Å². The van der Waals surface area contributed by atoms with Crippen molar-refractivity contribution in [3.63, 3.8) is 0 Å². The van der Waals surface area contributed by atoms with E-state index < -0.39 is 5.60 Å². The van der Waals surface area contributed by atoms with Crippen LogP contribution in [-0.2, 0) is 21.4 Å². The van der Waals surface area contributed by atoms with Crippen LogP contribution in [0.3, 0.4) is 0 Å². The molecule has 0 aromatic heterocycles. The highest BCUT2D eigenvalue weighted by atomic mass is 16.6. The van der Waals surface area contributed by atoms with E-state index in [2.05, 4.69) is 38.1 Å². The number of allylic oxidation sites excluding steroid dienone is 1. The van der Waals surface area contributed by atoms with Gasteiger partial charge in [-0.25, -0.2) is 4.79 Å². The molecule has 0 saturated heterocycles. The van der Waals surface area contributed by atoms with E-state index in [9.17, 15) is 4.79 Å². The predicted molar refractivity (Wildman–Crippen MR) is 91.0 cm³/mol. The third kappa shape index (κ3) is 3.60. The Morgan fingerprint density at radius 3 is 2.50 bits per heavy atom. The van der Waals surface area contributed by atoms with Gasteiger partial charge in [0.15, 0.2) is 0 Å². The Morgan fingerprint density at radius 2 is 1.86 bits per heavy atom. The van der Waals surface area contributed by atoms with Crippen molar-refractivity contribution in [1.29, 1.82) is 0 Å². The Morgan fingerprint density at radius 1 is 1.23 bits per heavy atom. The summed E-state index contributed by atoms with van der Waals surface area (Å²) in [6, 6.07) is 8.68. The SMILES string of the molecule is CC(CC1(C)CCc2ccccc21)=C(C)C(=O)OC(C)(C)C. The van der Waals surface area contributed by atoms with Gasteiger partial charge < -0.3 is 4.74 Å². The van der Waals surface area contributed by atoms with Crippen LogP contribution in [0.5, 0.6) is 0 Å². The summed E-state index contributed by atoms with van der Waals surface area (Å²) in [6.07, 6.45) is 3.19. The summed E-state index contributed by atoms with van der Waals surface area (Å²) >= 11 is 0. The quantitative estimate of drug-likeness (QED) is 0.582. The maximum absolute atomic E-state index is 12.2. The van der Waals surface area contributed by atoms with Crippen molar-refractivity contribution in [3.05, 3.63) is 46.5 Å². The highest BCUT2D eigenvalue weighted by Crippen LogP contribution is 2.43. The van der Waals surface area contributed by atoms with E-state index in [0.29, 0.717) is 0 Å². The molecule has 2 rings (SSSR count). The molecule has 0 fully saturated rings. The normalized spacial score (nSPS) is 22.1. The number of fused-ring (bicyclic) bond motifs is 1. The first kappa shape index (κ1) is 16.8. The lowest BCUT2D eigenvalue weighted by Gasteiger charge is -2.27. The van der Waals surface area contributed by atoms with Crippen molar-refractivity contribution in [3.8, 4) is 0 Å². The predicted octanol–water partition coefficient (Wildman–Crippen LogP) is 4.96. The van der Waals surface area contributed by atoms with E-state index in [0.717, 1.165) is 30.4 Å². The zero-order valence-corrected chi connectivity index (χ0v) is 14.7. The van der Waals surface area contributed by atoms with Crippen molar-refractivity contribution in [2.24, 2.45) is 0 Å². The second kappa shape index (κ2) is 5.91. The highest BCUT2D eigenvalue weighted by Gasteiger charge is 2.34. The molecule has 0 aliphatic heterocycles. The molecule has 1 atom stereocenters. The van der Waals surface area contributed by atoms with Crippen LogP contribution in [0.4, 0.5) is 0 Å². The lowest BCUT2D eigenvalue weighted by Crippen LogP contribution is -2.25. The monoisotopic (exact) mass is 300 g/mol. The molecule has 2 nitrogen and oxygen atoms in total. The van der Waals surface area contributed by atoms with Crippen LogP contribution in [0, 0.1) is 0 Å². The van der Waals surface area contributed by atoms with E-state index in [-0.39, 0.29) is 11.4 Å². The van der Waals surface area contributed by atoms with Gasteiger partial charge in [-0.2, -0.15) is 0 Å². The smallest absolute Gasteiger partial charge is 0.334 e. The highest BCUT2D eigenvalue weighted by molar-refractivity contribution is 5.88. The summed E-state index contributed by atoms with van der Waals surface area (Å²) in [6.45, 7) is 12.0. The summed E-state index contributed by atoms with van der Waals surface area (Å²) in [5.41, 5.74) is 4.46. The van der Waals surface area contributed by atoms with Crippen molar-refractivity contribution >= 4 is 5.97 Å². The Bertz CT molecular complexity index is 604. The van der Waals surface area contributed by atoms with Crippen LogP contribution in [0.1, 0.15) is 65.5 Å². The number of esters is 1. The van der Waals surface area contributed by atoms with Crippen molar-refractivity contribution in [2.75, 3.05) is 0 Å². The topological polar surface area (TPSA) is 26.3 Å². The number of carbonyl (C=O) groups is 1. The van der Waals surface area contributed by atoms with E-state index in [1.54, 1.807) is 0 Å². The van der Waals surface area contributed by atoms with Crippen LogP contribution in [0.2, 0.25) is 0 Å². The fourth-order valence-electron chi connectivity index (χ4n) is 3.30. The van der Waals surface area contributed by atoms with Gasteiger partial charge in [-0.3, -0.25) is 0 Å². The van der Waals surface area contributed by atoms with Gasteiger partial charge >= 0.3 is 5.97 Å². The van der Waals surface area contributed by atoms with E-state index >= 15 is 0 Å². The first-order valence-corrected chi connectivity index (χ1v) is 8.10. The molecule has 0 saturated carbocycles. The summed E-state index contributed by atoms with van der Waals surface area (Å²) in [7, 11) is 0. The number of hydrogen-bond donors (Lipinski definition) is 0. The molecule has 0 radical (unpaired) electrons. The van der Waals surface area contributed by atoms with Crippen LogP contribution in [-0.4, -0.2) is 11.6 Å². The standard InChI is InChI=1S/C20H28O2/c1-14(15(2)18(21)22-19(3,4)5)13-20(6)12-11-16-9-7-8-10-17(16)20/h7-10H,11-13H2,1-6H3. The molecule has 0 heterocycles. The Kier molecular flexibility index (Phi) is 4.51. The van der Waals surface area contributed by atoms with Gasteiger partial charge in [-0.05, 0) is 70.4 Å². The second-order valence-corrected chi connectivity index (χ2v) is 7.80. The first-order valence-electron chi connectivity index (χ1n) is 8.10. The molecular weight excluding hydrogens is 272 g/mol. The Labute approximate surface area is 134 Å². The van der Waals surface area contributed by atoms with Crippen molar-refractivity contribution in [2.45, 2.75) is 71.8 Å². The molecule has 0 N–H and O–H groups in total. The molecule has 0 bridgehead atoms. The molecule has 1 aromatic rings. The van der Waals surface area contributed by atoms with Gasteiger partial charge in [0, 0.05) is 5.57 Å². The largest absolute Gasteiger partial charge is 0.457 e. The maximum Gasteiger partial charge on any atom is 0.334 e. The molecule has 2 heteroatoms. The third-order valence-corrected chi connectivity index (χ3v) is 4.61. The van der Waals surface area contributed by atoms with Crippen LogP contribution >= 0.6 is 0 Å². The van der Waals surface area contributed by atoms with E-state index in [1.165, 1.54) is 11.1 Å². The average molecular weight is 300 g/mol. The molecule has 22 heavy (non-hydrogen) atoms. The number of carbonyl (C=O) groups excluding carboxylic acids is 1. The zero-order chi connectivity index (χ0) is 16.5. The van der Waals surface area contributed by atoms with Crippen molar-refractivity contribution in [1.82, 2.24) is 0 Å². The van der Waals surface area contributed by atoms with Crippen molar-refractivity contribution < 1.29 is 9.53 Å². The fourth-order valence-corrected chi connectivity index (χ4v) is 3.30. The minimum Gasteiger partial charge on any atom is -0.457 e. The average Bonchev–Trinajstić information content (AvgIpc) is 2.74. The molecule has 1 unspecified atom stereocenters. The number of hydrogen-bond acceptors (Lipinski definition) is 2. The summed E-state index contributed by atoms with van der Waals surface area (Å²) in [4.78, 5) is 12.2. The van der Waals surface area contributed by atoms with Gasteiger partial charge in [0.25, 0.3) is 0 Å². The van der Waals surface area contributed by atoms with Crippen LogP contribution in [0.15, 0.2) is 35.4 Å². The Balaban J connectivity index is 2.19. The minimum atomic E-state index is -0.442. The maximum atomic E-state index is 12.2. The van der Waals surface area contributed by atoms with Gasteiger partial charge in [-0.15, -0.1) is 0 Å². The summed E-state index contributed by atoms with van der Waals surface area (Å²) < 4.78 is 5.49. The molecule has 0 amide bonds. The molecule has 1 aliphatic rings. The molecule has 1 aliphatic carbocycles. The van der Waals surface area contributed by atoms with Crippen LogP contribution in [0.25, 0.3) is 0 Å². The number of rotatable bonds is 3. The van der Waals surface area contributed by atoms with Gasteiger partial charge in [0.1, 0.15) is 5.60 Å². The molecular formula is C20H28O2. The lowest BCUT2D eigenvalue weighted by atomic mass is 9.78. The molecule has 1 aromatic carbocycles. The fraction of sp³-hybridized carbons (Fsp3) is 0.550. The van der Waals surface area contributed by atoms with E-state index in [4.69, 9.17) is 4.74 Å². The number of aryl methyl sites for hydroxylation is 1. The lowest BCUT2D eigenvalue weighted by molar-refractivity contribution is -0.149. The summed E-state index contributed by atoms with van der Waals surface area (Å²) in [5, 5.41) is 0. The van der Waals surface area contributed by atoms with Gasteiger partial charge in [0.05, 0.1) is 0 Å². The molecule has 120 valence electrons. The third-order valence-electron chi connectivity index (χ3n) is 4.61. The Hall–Kier alpha value is -1.57. The van der Waals surface area contributed by atoms with Crippen LogP contribution < -0.4 is 0 Å². The minimum absolute atomic E-state index is 0.129. The number of ether oxygens (including phenoxy) is 1.